The standard InChI is InChI=1S/C22H23NO5/c1-5-15(23-21(25)16-8-6-7-9-17(16)22(23)26)10-14-11-20(28-4)18(13(2)24)12-19(14)27-3/h6-9,11-12,15H,5,10H2,1-4H3. The summed E-state index contributed by atoms with van der Waals surface area (Å²) in [6.07, 6.45) is 0.991. The molecular formula is C22H23NO5. The van der Waals surface area contributed by atoms with Crippen LogP contribution in [0.25, 0.3) is 0 Å². The highest BCUT2D eigenvalue weighted by Gasteiger charge is 2.39. The summed E-state index contributed by atoms with van der Waals surface area (Å²) in [5, 5.41) is 0. The van der Waals surface area contributed by atoms with E-state index in [0.29, 0.717) is 41.0 Å². The van der Waals surface area contributed by atoms with Gasteiger partial charge in [-0.2, -0.15) is 0 Å². The van der Waals surface area contributed by atoms with Crippen LogP contribution in [0, 0.1) is 0 Å². The number of carbonyl (C=O) groups is 3. The minimum absolute atomic E-state index is 0.130. The van der Waals surface area contributed by atoms with E-state index in [1.165, 1.54) is 26.0 Å². The molecule has 3 rings (SSSR count). The number of hydrogen-bond acceptors (Lipinski definition) is 5. The largest absolute Gasteiger partial charge is 0.496 e. The summed E-state index contributed by atoms with van der Waals surface area (Å²) in [6, 6.07) is 9.91. The third-order valence-corrected chi connectivity index (χ3v) is 5.10. The molecule has 0 bridgehead atoms. The first kappa shape index (κ1) is 19.6. The fraction of sp³-hybridized carbons (Fsp3) is 0.318. The van der Waals surface area contributed by atoms with Gasteiger partial charge in [0.05, 0.1) is 30.9 Å². The Morgan fingerprint density at radius 2 is 1.57 bits per heavy atom. The van der Waals surface area contributed by atoms with Crippen LogP contribution >= 0.6 is 0 Å². The molecule has 0 saturated heterocycles. The summed E-state index contributed by atoms with van der Waals surface area (Å²) >= 11 is 0. The van der Waals surface area contributed by atoms with Crippen molar-refractivity contribution in [2.75, 3.05) is 14.2 Å². The average molecular weight is 381 g/mol. The predicted octanol–water partition coefficient (Wildman–Crippen LogP) is 3.52. The molecule has 0 N–H and O–H groups in total. The molecule has 1 unspecified atom stereocenters. The maximum Gasteiger partial charge on any atom is 0.261 e. The number of methoxy groups -OCH3 is 2. The number of hydrogen-bond donors (Lipinski definition) is 0. The second-order valence-corrected chi connectivity index (χ2v) is 6.71. The van der Waals surface area contributed by atoms with Gasteiger partial charge in [-0.05, 0) is 49.6 Å². The fourth-order valence-electron chi connectivity index (χ4n) is 3.61. The smallest absolute Gasteiger partial charge is 0.261 e. The van der Waals surface area contributed by atoms with Crippen LogP contribution in [0.3, 0.4) is 0 Å². The number of nitrogens with zero attached hydrogens (tertiary/aromatic N) is 1. The first-order chi connectivity index (χ1) is 13.4. The van der Waals surface area contributed by atoms with Crippen LogP contribution in [0.2, 0.25) is 0 Å². The van der Waals surface area contributed by atoms with Crippen molar-refractivity contribution in [1.29, 1.82) is 0 Å². The summed E-state index contributed by atoms with van der Waals surface area (Å²) in [6.45, 7) is 3.40. The van der Waals surface area contributed by atoms with Gasteiger partial charge in [0.2, 0.25) is 0 Å². The van der Waals surface area contributed by atoms with Crippen molar-refractivity contribution >= 4 is 17.6 Å². The molecule has 1 atom stereocenters. The Labute approximate surface area is 164 Å². The number of benzene rings is 2. The number of amides is 2. The zero-order chi connectivity index (χ0) is 20.4. The molecule has 2 aromatic carbocycles. The monoisotopic (exact) mass is 381 g/mol. The van der Waals surface area contributed by atoms with Crippen LogP contribution < -0.4 is 9.47 Å². The summed E-state index contributed by atoms with van der Waals surface area (Å²) in [5.74, 6) is 0.285. The molecule has 0 aliphatic carbocycles. The van der Waals surface area contributed by atoms with Gasteiger partial charge < -0.3 is 9.47 Å². The van der Waals surface area contributed by atoms with E-state index < -0.39 is 0 Å². The number of ether oxygens (including phenoxy) is 2. The van der Waals surface area contributed by atoms with Crippen molar-refractivity contribution in [2.24, 2.45) is 0 Å². The first-order valence-corrected chi connectivity index (χ1v) is 9.15. The van der Waals surface area contributed by atoms with Gasteiger partial charge in [-0.25, -0.2) is 0 Å². The molecule has 0 saturated carbocycles. The number of ketones is 1. The molecule has 2 aromatic rings. The minimum Gasteiger partial charge on any atom is -0.496 e. The molecule has 2 amide bonds. The van der Waals surface area contributed by atoms with E-state index in [9.17, 15) is 14.4 Å². The SMILES string of the molecule is CCC(Cc1cc(OC)c(C(C)=O)cc1OC)N1C(=O)c2ccccc2C1=O. The highest BCUT2D eigenvalue weighted by Crippen LogP contribution is 2.33. The quantitative estimate of drug-likeness (QED) is 0.542. The van der Waals surface area contributed by atoms with Crippen LogP contribution in [0.4, 0.5) is 0 Å². The predicted molar refractivity (Wildman–Crippen MR) is 104 cm³/mol. The molecular weight excluding hydrogens is 358 g/mol. The van der Waals surface area contributed by atoms with Crippen molar-refractivity contribution in [3.8, 4) is 11.5 Å². The zero-order valence-electron chi connectivity index (χ0n) is 16.4. The summed E-state index contributed by atoms with van der Waals surface area (Å²) < 4.78 is 10.8. The molecule has 1 aliphatic heterocycles. The van der Waals surface area contributed by atoms with Crippen molar-refractivity contribution in [3.05, 3.63) is 58.7 Å². The lowest BCUT2D eigenvalue weighted by Crippen LogP contribution is -2.40. The van der Waals surface area contributed by atoms with Crippen molar-refractivity contribution < 1.29 is 23.9 Å². The molecule has 1 heterocycles. The lowest BCUT2D eigenvalue weighted by molar-refractivity contribution is 0.0578. The number of fused-ring (bicyclic) bond motifs is 1. The third kappa shape index (κ3) is 3.26. The van der Waals surface area contributed by atoms with Crippen LogP contribution in [0.15, 0.2) is 36.4 Å². The normalized spacial score (nSPS) is 14.1. The molecule has 1 aliphatic rings. The lowest BCUT2D eigenvalue weighted by Gasteiger charge is -2.26. The summed E-state index contributed by atoms with van der Waals surface area (Å²) in [7, 11) is 3.03. The minimum atomic E-state index is -0.339. The highest BCUT2D eigenvalue weighted by molar-refractivity contribution is 6.21. The molecule has 0 fully saturated rings. The van der Waals surface area contributed by atoms with Gasteiger partial charge in [0.15, 0.2) is 5.78 Å². The Morgan fingerprint density at radius 3 is 2.04 bits per heavy atom. The topological polar surface area (TPSA) is 72.9 Å². The molecule has 146 valence electrons. The number of rotatable bonds is 7. The number of Topliss-reactive ketones (excluding diaryl/α,β-unsaturated/α-hetero) is 1. The first-order valence-electron chi connectivity index (χ1n) is 9.15. The van der Waals surface area contributed by atoms with E-state index in [1.807, 2.05) is 6.92 Å². The maximum absolute atomic E-state index is 12.8. The Balaban J connectivity index is 1.97. The molecule has 28 heavy (non-hydrogen) atoms. The molecule has 0 radical (unpaired) electrons. The van der Waals surface area contributed by atoms with E-state index in [1.54, 1.807) is 36.4 Å². The van der Waals surface area contributed by atoms with E-state index in [0.717, 1.165) is 5.56 Å². The van der Waals surface area contributed by atoms with E-state index in [2.05, 4.69) is 0 Å². The Bertz CT molecular complexity index is 915. The average Bonchev–Trinajstić information content (AvgIpc) is 2.96. The van der Waals surface area contributed by atoms with Gasteiger partial charge in [0.25, 0.3) is 11.8 Å². The van der Waals surface area contributed by atoms with E-state index in [-0.39, 0.29) is 23.6 Å². The molecule has 0 aromatic heterocycles. The Kier molecular flexibility index (Phi) is 5.49. The number of carbonyl (C=O) groups excluding carboxylic acids is 3. The van der Waals surface area contributed by atoms with Gasteiger partial charge in [-0.3, -0.25) is 19.3 Å². The van der Waals surface area contributed by atoms with Crippen LogP contribution in [-0.2, 0) is 6.42 Å². The molecule has 6 heteroatoms. The van der Waals surface area contributed by atoms with Crippen molar-refractivity contribution in [1.82, 2.24) is 4.90 Å². The van der Waals surface area contributed by atoms with Crippen molar-refractivity contribution in [2.45, 2.75) is 32.7 Å². The molecule has 0 spiro atoms. The number of imide groups is 1. The zero-order valence-corrected chi connectivity index (χ0v) is 16.4. The fourth-order valence-corrected chi connectivity index (χ4v) is 3.61. The van der Waals surface area contributed by atoms with Crippen molar-refractivity contribution in [3.63, 3.8) is 0 Å². The second kappa shape index (κ2) is 7.84. The molecule has 6 nitrogen and oxygen atoms in total. The van der Waals surface area contributed by atoms with E-state index in [4.69, 9.17) is 9.47 Å². The maximum atomic E-state index is 12.8. The third-order valence-electron chi connectivity index (χ3n) is 5.10. The summed E-state index contributed by atoms with van der Waals surface area (Å²) in [5.41, 5.74) is 2.06. The second-order valence-electron chi connectivity index (χ2n) is 6.71. The van der Waals surface area contributed by atoms with Gasteiger partial charge in [0.1, 0.15) is 11.5 Å². The lowest BCUT2D eigenvalue weighted by atomic mass is 9.98. The van der Waals surface area contributed by atoms with Gasteiger partial charge >= 0.3 is 0 Å². The van der Waals surface area contributed by atoms with E-state index >= 15 is 0 Å². The van der Waals surface area contributed by atoms with Crippen LogP contribution in [0.1, 0.15) is 56.9 Å². The Hall–Kier alpha value is -3.15. The van der Waals surface area contributed by atoms with Gasteiger partial charge in [0, 0.05) is 6.04 Å². The highest BCUT2D eigenvalue weighted by atomic mass is 16.5. The van der Waals surface area contributed by atoms with Gasteiger partial charge in [-0.15, -0.1) is 0 Å². The van der Waals surface area contributed by atoms with Gasteiger partial charge in [-0.1, -0.05) is 19.1 Å². The summed E-state index contributed by atoms with van der Waals surface area (Å²) in [4.78, 5) is 38.8. The van der Waals surface area contributed by atoms with Crippen LogP contribution in [0.5, 0.6) is 11.5 Å². The Morgan fingerprint density at radius 1 is 1.00 bits per heavy atom. The van der Waals surface area contributed by atoms with Crippen LogP contribution in [-0.4, -0.2) is 42.8 Å².